The van der Waals surface area contributed by atoms with E-state index in [1.807, 2.05) is 26.8 Å². The van der Waals surface area contributed by atoms with Crippen LogP contribution >= 0.6 is 35.0 Å². The first-order chi connectivity index (χ1) is 18.9. The Balaban J connectivity index is 2.19. The maximum absolute atomic E-state index is 13.9. The molecule has 0 fully saturated rings. The summed E-state index contributed by atoms with van der Waals surface area (Å²) in [6.07, 6.45) is 2.89. The Morgan fingerprint density at radius 3 is 2.32 bits per heavy atom. The van der Waals surface area contributed by atoms with Crippen molar-refractivity contribution in [1.29, 1.82) is 0 Å². The zero-order valence-electron chi connectivity index (χ0n) is 25.6. The molecule has 0 unspecified atom stereocenters. The van der Waals surface area contributed by atoms with Crippen molar-refractivity contribution in [2.45, 2.75) is 96.8 Å². The number of unbranched alkanes of at least 4 members (excludes halogenated alkanes) is 1. The molecule has 0 radical (unpaired) electrons. The number of benzene rings is 2. The van der Waals surface area contributed by atoms with Gasteiger partial charge in [0.05, 0.1) is 22.2 Å². The van der Waals surface area contributed by atoms with Gasteiger partial charge in [-0.2, -0.15) is 0 Å². The lowest BCUT2D eigenvalue weighted by Crippen LogP contribution is -2.28. The number of amides is 1. The van der Waals surface area contributed by atoms with Crippen LogP contribution in [0, 0.1) is 10.8 Å². The van der Waals surface area contributed by atoms with E-state index < -0.39 is 5.41 Å². The van der Waals surface area contributed by atoms with Gasteiger partial charge in [-0.1, -0.05) is 110 Å². The minimum atomic E-state index is -0.681. The number of ether oxygens (including phenoxy) is 1. The van der Waals surface area contributed by atoms with Crippen LogP contribution < -0.4 is 15.6 Å². The smallest absolute Gasteiger partial charge is 0.287 e. The SMILES string of the molecule is CCCCOc1ccc(C(C)(C)CC(C)(C)C)cc1Sc1c(NC(=O)C(C)(C)C)[nH]n(-c2cc(Cl)ccc2Cl)c1=O. The molecule has 0 aliphatic heterocycles. The molecule has 2 N–H and O–H groups in total. The summed E-state index contributed by atoms with van der Waals surface area (Å²) in [7, 11) is 0. The second kappa shape index (κ2) is 12.9. The minimum Gasteiger partial charge on any atom is -0.492 e. The number of halogens is 2. The third-order valence-electron chi connectivity index (χ3n) is 6.58. The first-order valence-corrected chi connectivity index (χ1v) is 15.6. The Morgan fingerprint density at radius 1 is 1.02 bits per heavy atom. The number of rotatable bonds is 10. The zero-order valence-corrected chi connectivity index (χ0v) is 28.0. The van der Waals surface area contributed by atoms with Crippen molar-refractivity contribution in [3.8, 4) is 11.4 Å². The molecule has 9 heteroatoms. The molecular formula is C32H43Cl2N3O3S. The number of aromatic amines is 1. The molecule has 0 aliphatic rings. The van der Waals surface area contributed by atoms with E-state index in [0.717, 1.165) is 29.7 Å². The van der Waals surface area contributed by atoms with Gasteiger partial charge < -0.3 is 10.1 Å². The van der Waals surface area contributed by atoms with Crippen molar-refractivity contribution in [3.63, 3.8) is 0 Å². The standard InChI is InChI=1S/C32H43Cl2N3O3S/c1-10-11-16-40-24-15-12-20(32(8,9)19-30(2,3)4)17-25(24)41-26-27(35-29(39)31(5,6)7)36-37(28(26)38)23-18-21(33)13-14-22(23)34/h12-15,17-18,36H,10-11,16,19H2,1-9H3,(H,35,39). The summed E-state index contributed by atoms with van der Waals surface area (Å²) in [5.41, 5.74) is 0.504. The van der Waals surface area contributed by atoms with Crippen molar-refractivity contribution in [2.75, 3.05) is 11.9 Å². The molecule has 0 saturated carbocycles. The molecule has 2 aromatic carbocycles. The molecule has 41 heavy (non-hydrogen) atoms. The highest BCUT2D eigenvalue weighted by atomic mass is 35.5. The minimum absolute atomic E-state index is 0.120. The van der Waals surface area contributed by atoms with Crippen LogP contribution in [0.1, 0.15) is 87.1 Å². The summed E-state index contributed by atoms with van der Waals surface area (Å²) >= 11 is 14.0. The van der Waals surface area contributed by atoms with E-state index in [2.05, 4.69) is 64.1 Å². The fourth-order valence-corrected chi connectivity index (χ4v) is 6.10. The average molecular weight is 621 g/mol. The second-order valence-corrected chi connectivity index (χ2v) is 15.2. The van der Waals surface area contributed by atoms with E-state index in [9.17, 15) is 9.59 Å². The number of H-pyrrole nitrogens is 1. The van der Waals surface area contributed by atoms with Gasteiger partial charge in [0.1, 0.15) is 16.5 Å². The Bertz CT molecular complexity index is 1450. The highest BCUT2D eigenvalue weighted by Crippen LogP contribution is 2.43. The summed E-state index contributed by atoms with van der Waals surface area (Å²) in [6.45, 7) is 19.3. The van der Waals surface area contributed by atoms with E-state index in [1.165, 1.54) is 16.4 Å². The quantitative estimate of drug-likeness (QED) is 0.221. The van der Waals surface area contributed by atoms with Crippen molar-refractivity contribution in [2.24, 2.45) is 10.8 Å². The van der Waals surface area contributed by atoms with Crippen LogP contribution in [0.2, 0.25) is 10.0 Å². The van der Waals surface area contributed by atoms with E-state index in [1.54, 1.807) is 18.2 Å². The van der Waals surface area contributed by atoms with E-state index in [4.69, 9.17) is 27.9 Å². The number of nitrogens with one attached hydrogen (secondary N) is 2. The second-order valence-electron chi connectivity index (χ2n) is 13.3. The third kappa shape index (κ3) is 8.59. The lowest BCUT2D eigenvalue weighted by Gasteiger charge is -2.33. The normalized spacial score (nSPS) is 12.5. The maximum Gasteiger partial charge on any atom is 0.287 e. The van der Waals surface area contributed by atoms with Gasteiger partial charge in [-0.15, -0.1) is 0 Å². The molecule has 1 amide bonds. The molecule has 3 rings (SSSR count). The van der Waals surface area contributed by atoms with Crippen LogP contribution in [0.4, 0.5) is 5.82 Å². The van der Waals surface area contributed by atoms with Gasteiger partial charge >= 0.3 is 0 Å². The highest BCUT2D eigenvalue weighted by molar-refractivity contribution is 7.99. The van der Waals surface area contributed by atoms with Crippen molar-refractivity contribution >= 4 is 46.7 Å². The van der Waals surface area contributed by atoms with Crippen LogP contribution in [0.5, 0.6) is 5.75 Å². The maximum atomic E-state index is 13.9. The molecular weight excluding hydrogens is 577 g/mol. The van der Waals surface area contributed by atoms with Gasteiger partial charge in [0, 0.05) is 10.4 Å². The Kier molecular flexibility index (Phi) is 10.4. The lowest BCUT2D eigenvalue weighted by atomic mass is 9.72. The van der Waals surface area contributed by atoms with Crippen LogP contribution in [0.25, 0.3) is 5.69 Å². The van der Waals surface area contributed by atoms with Gasteiger partial charge in [0.15, 0.2) is 0 Å². The molecule has 1 aromatic heterocycles. The number of carbonyl (C=O) groups is 1. The van der Waals surface area contributed by atoms with Gasteiger partial charge in [0.2, 0.25) is 5.91 Å². The van der Waals surface area contributed by atoms with Crippen LogP contribution in [-0.4, -0.2) is 22.3 Å². The van der Waals surface area contributed by atoms with Gasteiger partial charge in [-0.25, -0.2) is 4.68 Å². The first-order valence-electron chi connectivity index (χ1n) is 14.0. The van der Waals surface area contributed by atoms with Gasteiger partial charge in [0.25, 0.3) is 5.56 Å². The zero-order chi connectivity index (χ0) is 30.8. The number of aromatic nitrogens is 2. The Morgan fingerprint density at radius 2 is 1.71 bits per heavy atom. The largest absolute Gasteiger partial charge is 0.492 e. The van der Waals surface area contributed by atoms with Crippen molar-refractivity contribution in [3.05, 3.63) is 62.4 Å². The van der Waals surface area contributed by atoms with E-state index in [-0.39, 0.29) is 28.1 Å². The number of nitrogens with zero attached hydrogens (tertiary/aromatic N) is 1. The molecule has 0 spiro atoms. The molecule has 0 bridgehead atoms. The molecule has 0 atom stereocenters. The average Bonchev–Trinajstić information content (AvgIpc) is 3.14. The number of hydrogen-bond acceptors (Lipinski definition) is 4. The molecule has 224 valence electrons. The molecule has 0 aliphatic carbocycles. The fraction of sp³-hybridized carbons (Fsp3) is 0.500. The summed E-state index contributed by atoms with van der Waals surface area (Å²) in [6, 6.07) is 11.1. The lowest BCUT2D eigenvalue weighted by molar-refractivity contribution is -0.123. The highest BCUT2D eigenvalue weighted by Gasteiger charge is 2.30. The van der Waals surface area contributed by atoms with Crippen LogP contribution in [-0.2, 0) is 10.2 Å². The molecule has 0 saturated heterocycles. The van der Waals surface area contributed by atoms with Crippen molar-refractivity contribution in [1.82, 2.24) is 9.78 Å². The summed E-state index contributed by atoms with van der Waals surface area (Å²) in [5.74, 6) is 0.749. The summed E-state index contributed by atoms with van der Waals surface area (Å²) in [5, 5.41) is 6.78. The Hall–Kier alpha value is -2.35. The first kappa shape index (κ1) is 33.2. The van der Waals surface area contributed by atoms with E-state index in [0.29, 0.717) is 33.0 Å². The summed E-state index contributed by atoms with van der Waals surface area (Å²) < 4.78 is 7.51. The topological polar surface area (TPSA) is 76.1 Å². The van der Waals surface area contributed by atoms with Crippen molar-refractivity contribution < 1.29 is 9.53 Å². The number of anilines is 1. The number of carbonyl (C=O) groups excluding carboxylic acids is 1. The molecule has 3 aromatic rings. The third-order valence-corrected chi connectivity index (χ3v) is 8.26. The Labute approximate surface area is 258 Å². The van der Waals surface area contributed by atoms with Crippen LogP contribution in [0.3, 0.4) is 0 Å². The molecule has 1 heterocycles. The predicted octanol–water partition coefficient (Wildman–Crippen LogP) is 9.50. The van der Waals surface area contributed by atoms with Gasteiger partial charge in [-0.3, -0.25) is 14.7 Å². The predicted molar refractivity (Wildman–Crippen MR) is 173 cm³/mol. The van der Waals surface area contributed by atoms with E-state index >= 15 is 0 Å². The van der Waals surface area contributed by atoms with Crippen LogP contribution in [0.15, 0.2) is 51.0 Å². The number of hydrogen-bond donors (Lipinski definition) is 2. The fourth-order valence-electron chi connectivity index (χ4n) is 4.72. The summed E-state index contributed by atoms with van der Waals surface area (Å²) in [4.78, 5) is 28.1. The molecule has 6 nitrogen and oxygen atoms in total. The monoisotopic (exact) mass is 619 g/mol. The van der Waals surface area contributed by atoms with Gasteiger partial charge in [-0.05, 0) is 59.6 Å².